The van der Waals surface area contributed by atoms with Gasteiger partial charge in [-0.1, -0.05) is 159 Å². The molecular weight excluding hydrogens is 655 g/mol. The third-order valence-electron chi connectivity index (χ3n) is 10.6. The van der Waals surface area contributed by atoms with E-state index in [1.807, 2.05) is 0 Å². The molecule has 3 nitrogen and oxygen atoms in total. The maximum atomic E-state index is 5.08. The van der Waals surface area contributed by atoms with Crippen molar-refractivity contribution in [1.29, 1.82) is 0 Å². The van der Waals surface area contributed by atoms with Gasteiger partial charge in [-0.15, -0.1) is 0 Å². The van der Waals surface area contributed by atoms with Crippen LogP contribution in [0.25, 0.3) is 67.5 Å². The van der Waals surface area contributed by atoms with Crippen LogP contribution in [-0.2, 0) is 6.42 Å². The highest BCUT2D eigenvalue weighted by atomic mass is 15.0. The van der Waals surface area contributed by atoms with E-state index in [-0.39, 0.29) is 0 Å². The number of hydrogen-bond acceptors (Lipinski definition) is 3. The molecule has 270 valence electrons. The lowest BCUT2D eigenvalue weighted by molar-refractivity contribution is 0.667. The minimum Gasteiger partial charge on any atom is -0.208 e. The highest BCUT2D eigenvalue weighted by Crippen LogP contribution is 2.33. The second-order valence-corrected chi connectivity index (χ2v) is 15.1. The highest BCUT2D eigenvalue weighted by molar-refractivity contribution is 5.77. The molecule has 0 amide bonds. The molecule has 1 heterocycles. The topological polar surface area (TPSA) is 38.7 Å². The average Bonchev–Trinajstić information content (AvgIpc) is 3.16. The molecule has 0 atom stereocenters. The van der Waals surface area contributed by atoms with Crippen LogP contribution >= 0.6 is 0 Å². The highest BCUT2D eigenvalue weighted by Gasteiger charge is 2.15. The van der Waals surface area contributed by atoms with E-state index in [9.17, 15) is 0 Å². The number of rotatable bonds is 11. The molecule has 0 unspecified atom stereocenters. The number of aryl methyl sites for hydroxylation is 7. The normalized spacial score (nSPS) is 11.2. The molecule has 0 aliphatic rings. The first-order chi connectivity index (χ1) is 26.2. The minimum atomic E-state index is 0.659. The zero-order chi connectivity index (χ0) is 37.8. The van der Waals surface area contributed by atoms with Crippen LogP contribution in [0.3, 0.4) is 0 Å². The number of benzene rings is 6. The molecule has 0 spiro atoms. The van der Waals surface area contributed by atoms with E-state index >= 15 is 0 Å². The predicted molar refractivity (Wildman–Crippen MR) is 229 cm³/mol. The fraction of sp³-hybridized carbons (Fsp3) is 0.235. The second-order valence-electron chi connectivity index (χ2n) is 15.1. The molecule has 6 aromatic carbocycles. The third kappa shape index (κ3) is 8.11. The summed E-state index contributed by atoms with van der Waals surface area (Å²) in [7, 11) is 0. The first-order valence-electron chi connectivity index (χ1n) is 19.5. The largest absolute Gasteiger partial charge is 0.208 e. The van der Waals surface area contributed by atoms with E-state index in [4.69, 9.17) is 15.0 Å². The fourth-order valence-electron chi connectivity index (χ4n) is 8.04. The van der Waals surface area contributed by atoms with E-state index in [0.29, 0.717) is 17.5 Å². The zero-order valence-electron chi connectivity index (χ0n) is 32.9. The van der Waals surface area contributed by atoms with Gasteiger partial charge in [-0.2, -0.15) is 0 Å². The van der Waals surface area contributed by atoms with Crippen molar-refractivity contribution in [1.82, 2.24) is 15.0 Å². The van der Waals surface area contributed by atoms with Crippen LogP contribution in [0, 0.1) is 41.5 Å². The maximum absolute atomic E-state index is 5.08. The van der Waals surface area contributed by atoms with Crippen molar-refractivity contribution in [2.24, 2.45) is 0 Å². The third-order valence-corrected chi connectivity index (χ3v) is 10.6. The summed E-state index contributed by atoms with van der Waals surface area (Å²) in [6.07, 6.45) is 6.28. The maximum Gasteiger partial charge on any atom is 0.164 e. The monoisotopic (exact) mass is 705 g/mol. The lowest BCUT2D eigenvalue weighted by atomic mass is 9.93. The molecule has 3 heteroatoms. The Kier molecular flexibility index (Phi) is 11.0. The van der Waals surface area contributed by atoms with Gasteiger partial charge in [0, 0.05) is 16.7 Å². The van der Waals surface area contributed by atoms with Crippen molar-refractivity contribution in [3.63, 3.8) is 0 Å². The van der Waals surface area contributed by atoms with Crippen LogP contribution in [-0.4, -0.2) is 15.0 Å². The Hall–Kier alpha value is -5.67. The molecule has 0 saturated heterocycles. The molecule has 0 aliphatic heterocycles. The van der Waals surface area contributed by atoms with Crippen LogP contribution in [0.4, 0.5) is 0 Å². The quantitative estimate of drug-likeness (QED) is 0.126. The van der Waals surface area contributed by atoms with Crippen LogP contribution in [0.5, 0.6) is 0 Å². The summed E-state index contributed by atoms with van der Waals surface area (Å²) in [4.78, 5) is 15.2. The molecule has 0 fully saturated rings. The van der Waals surface area contributed by atoms with Crippen molar-refractivity contribution in [2.45, 2.75) is 80.6 Å². The van der Waals surface area contributed by atoms with E-state index in [1.54, 1.807) is 0 Å². The zero-order valence-corrected chi connectivity index (χ0v) is 32.9. The molecule has 7 rings (SSSR count). The molecule has 0 radical (unpaired) electrons. The summed E-state index contributed by atoms with van der Waals surface area (Å²) in [5, 5.41) is 0. The second kappa shape index (κ2) is 16.1. The number of aromatic nitrogens is 3. The first kappa shape index (κ1) is 36.7. The Balaban J connectivity index is 1.23. The molecule has 54 heavy (non-hydrogen) atoms. The van der Waals surface area contributed by atoms with Crippen molar-refractivity contribution < 1.29 is 0 Å². The molecule has 0 aliphatic carbocycles. The van der Waals surface area contributed by atoms with E-state index in [1.165, 1.54) is 98.0 Å². The van der Waals surface area contributed by atoms with Gasteiger partial charge in [0.1, 0.15) is 0 Å². The van der Waals surface area contributed by atoms with Gasteiger partial charge < -0.3 is 0 Å². The van der Waals surface area contributed by atoms with Crippen LogP contribution in [0.1, 0.15) is 71.6 Å². The predicted octanol–water partition coefficient (Wildman–Crippen LogP) is 13.8. The number of unbranched alkanes of at least 4 members (excludes halogenated alkanes) is 3. The van der Waals surface area contributed by atoms with Crippen molar-refractivity contribution in [3.8, 4) is 67.5 Å². The Bertz CT molecular complexity index is 2220. The summed E-state index contributed by atoms with van der Waals surface area (Å²) in [6, 6.07) is 44.0. The summed E-state index contributed by atoms with van der Waals surface area (Å²) in [6.45, 7) is 15.3. The van der Waals surface area contributed by atoms with Gasteiger partial charge in [0.25, 0.3) is 0 Å². The smallest absolute Gasteiger partial charge is 0.164 e. The Morgan fingerprint density at radius 2 is 0.667 bits per heavy atom. The van der Waals surface area contributed by atoms with Crippen molar-refractivity contribution in [2.75, 3.05) is 0 Å². The number of hydrogen-bond donors (Lipinski definition) is 0. The fourth-order valence-corrected chi connectivity index (χ4v) is 8.04. The summed E-state index contributed by atoms with van der Waals surface area (Å²) in [5.41, 5.74) is 19.3. The first-order valence-corrected chi connectivity index (χ1v) is 19.5. The molecule has 1 aromatic heterocycles. The van der Waals surface area contributed by atoms with Crippen LogP contribution in [0.2, 0.25) is 0 Å². The minimum absolute atomic E-state index is 0.659. The summed E-state index contributed by atoms with van der Waals surface area (Å²) < 4.78 is 0. The van der Waals surface area contributed by atoms with E-state index < -0.39 is 0 Å². The van der Waals surface area contributed by atoms with Crippen LogP contribution < -0.4 is 0 Å². The van der Waals surface area contributed by atoms with Crippen molar-refractivity contribution in [3.05, 3.63) is 160 Å². The molecule has 0 N–H and O–H groups in total. The molecular formula is C51H51N3. The van der Waals surface area contributed by atoms with Crippen LogP contribution in [0.15, 0.2) is 121 Å². The molecule has 7 aromatic rings. The lowest BCUT2D eigenvalue weighted by Gasteiger charge is -2.13. The lowest BCUT2D eigenvalue weighted by Crippen LogP contribution is -2.00. The van der Waals surface area contributed by atoms with Gasteiger partial charge in [-0.3, -0.25) is 0 Å². The standard InChI is InChI=1S/C51H51N3/c1-8-9-10-11-12-39-13-15-40(16-14-39)41-17-23-44(24-18-41)49-52-50(45-25-19-42(20-26-45)47-35(4)29-33(2)30-36(47)5)54-51(53-49)46-27-21-43(22-28-46)48-37(6)31-34(3)32-38(48)7/h13-32H,8-12H2,1-7H3. The summed E-state index contributed by atoms with van der Waals surface area (Å²) in [5.74, 6) is 1.98. The van der Waals surface area contributed by atoms with Gasteiger partial charge in [0.2, 0.25) is 0 Å². The van der Waals surface area contributed by atoms with Gasteiger partial charge >= 0.3 is 0 Å². The Morgan fingerprint density at radius 1 is 0.352 bits per heavy atom. The molecule has 0 bridgehead atoms. The van der Waals surface area contributed by atoms with Gasteiger partial charge in [0.05, 0.1) is 0 Å². The van der Waals surface area contributed by atoms with Gasteiger partial charge in [-0.05, 0) is 116 Å². The Morgan fingerprint density at radius 3 is 1.02 bits per heavy atom. The molecule has 0 saturated carbocycles. The van der Waals surface area contributed by atoms with Gasteiger partial charge in [0.15, 0.2) is 17.5 Å². The average molecular weight is 706 g/mol. The Labute approximate surface area is 322 Å². The summed E-state index contributed by atoms with van der Waals surface area (Å²) >= 11 is 0. The van der Waals surface area contributed by atoms with Crippen molar-refractivity contribution >= 4 is 0 Å². The van der Waals surface area contributed by atoms with E-state index in [0.717, 1.165) is 23.1 Å². The van der Waals surface area contributed by atoms with E-state index in [2.05, 4.69) is 170 Å². The SMILES string of the molecule is CCCCCCc1ccc(-c2ccc(-c3nc(-c4ccc(-c5c(C)cc(C)cc5C)cc4)nc(-c4ccc(-c5c(C)cc(C)cc5C)cc4)n3)cc2)cc1. The number of nitrogens with zero attached hydrogens (tertiary/aromatic N) is 3. The van der Waals surface area contributed by atoms with Gasteiger partial charge in [-0.25, -0.2) is 15.0 Å².